The zero-order valence-electron chi connectivity index (χ0n) is 18.6. The Morgan fingerprint density at radius 1 is 1.09 bits per heavy atom. The molecule has 8 heteroatoms. The molecule has 0 aliphatic heterocycles. The molecule has 0 spiro atoms. The minimum atomic E-state index is -0.483. The van der Waals surface area contributed by atoms with Crippen molar-refractivity contribution >= 4 is 39.5 Å². The first-order valence-corrected chi connectivity index (χ1v) is 11.4. The van der Waals surface area contributed by atoms with Gasteiger partial charge < -0.3 is 19.5 Å². The molecule has 0 saturated heterocycles. The molecule has 0 saturated carbocycles. The average Bonchev–Trinajstić information content (AvgIpc) is 2.86. The number of nitriles is 1. The number of carbonyl (C=O) groups excluding carboxylic acids is 1. The Labute approximate surface area is 211 Å². The fraction of sp³-hybridized carbons (Fsp3) is 0.154. The second-order valence-corrected chi connectivity index (χ2v) is 8.37. The quantitative estimate of drug-likeness (QED) is 0.269. The molecule has 1 N–H and O–H groups in total. The summed E-state index contributed by atoms with van der Waals surface area (Å²) in [6.07, 6.45) is 1.49. The van der Waals surface area contributed by atoms with Gasteiger partial charge in [-0.05, 0) is 47.5 Å². The van der Waals surface area contributed by atoms with E-state index in [0.29, 0.717) is 26.6 Å². The smallest absolute Gasteiger partial charge is 0.262 e. The van der Waals surface area contributed by atoms with Gasteiger partial charge in [0.05, 0.1) is 14.2 Å². The molecule has 174 valence electrons. The summed E-state index contributed by atoms with van der Waals surface area (Å²) in [5.41, 5.74) is 2.28. The van der Waals surface area contributed by atoms with E-state index in [9.17, 15) is 10.1 Å². The van der Waals surface area contributed by atoms with E-state index in [1.165, 1.54) is 13.2 Å². The lowest BCUT2D eigenvalue weighted by Gasteiger charge is -2.14. The maximum atomic E-state index is 12.6. The lowest BCUT2D eigenvalue weighted by atomic mass is 10.1. The van der Waals surface area contributed by atoms with Crippen LogP contribution in [-0.4, -0.2) is 20.1 Å². The summed E-state index contributed by atoms with van der Waals surface area (Å²) in [6.45, 7) is 0.538. The van der Waals surface area contributed by atoms with Crippen LogP contribution in [0.2, 0.25) is 5.02 Å². The van der Waals surface area contributed by atoms with E-state index in [4.69, 9.17) is 25.8 Å². The summed E-state index contributed by atoms with van der Waals surface area (Å²) in [6, 6.07) is 20.1. The third kappa shape index (κ3) is 6.53. The molecule has 0 fully saturated rings. The molecule has 3 aromatic carbocycles. The zero-order valence-corrected chi connectivity index (χ0v) is 20.9. The summed E-state index contributed by atoms with van der Waals surface area (Å²) in [5, 5.41) is 12.9. The first kappa shape index (κ1) is 25.2. The van der Waals surface area contributed by atoms with Crippen molar-refractivity contribution in [3.8, 4) is 23.3 Å². The van der Waals surface area contributed by atoms with Gasteiger partial charge in [-0.1, -0.05) is 57.9 Å². The molecule has 3 rings (SSSR count). The Hall–Kier alpha value is -3.47. The zero-order chi connectivity index (χ0) is 24.5. The molecule has 0 aliphatic rings. The van der Waals surface area contributed by atoms with Gasteiger partial charge in [-0.2, -0.15) is 5.26 Å². The highest BCUT2D eigenvalue weighted by Crippen LogP contribution is 2.35. The number of carbonyl (C=O) groups is 1. The number of nitrogens with one attached hydrogen (secondary N) is 1. The highest BCUT2D eigenvalue weighted by Gasteiger charge is 2.14. The van der Waals surface area contributed by atoms with Gasteiger partial charge in [-0.3, -0.25) is 4.79 Å². The van der Waals surface area contributed by atoms with Crippen molar-refractivity contribution in [2.24, 2.45) is 0 Å². The molecule has 0 bridgehead atoms. The van der Waals surface area contributed by atoms with E-state index < -0.39 is 5.91 Å². The predicted molar refractivity (Wildman–Crippen MR) is 135 cm³/mol. The maximum Gasteiger partial charge on any atom is 0.262 e. The number of halogens is 2. The van der Waals surface area contributed by atoms with Crippen molar-refractivity contribution in [3.05, 3.63) is 92.4 Å². The van der Waals surface area contributed by atoms with Gasteiger partial charge in [-0.15, -0.1) is 0 Å². The van der Waals surface area contributed by atoms with Gasteiger partial charge in [0.2, 0.25) is 0 Å². The summed E-state index contributed by atoms with van der Waals surface area (Å²) in [4.78, 5) is 12.6. The normalized spacial score (nSPS) is 10.9. The van der Waals surface area contributed by atoms with Crippen molar-refractivity contribution in [3.63, 3.8) is 0 Å². The molecular weight excluding hydrogens is 520 g/mol. The van der Waals surface area contributed by atoms with Gasteiger partial charge in [0.1, 0.15) is 24.0 Å². The largest absolute Gasteiger partial charge is 0.497 e. The number of nitrogens with zero attached hydrogens (tertiary/aromatic N) is 1. The fourth-order valence-corrected chi connectivity index (χ4v) is 3.66. The molecule has 0 aliphatic carbocycles. The Morgan fingerprint density at radius 2 is 1.82 bits per heavy atom. The number of rotatable bonds is 9. The van der Waals surface area contributed by atoms with Crippen molar-refractivity contribution in [2.45, 2.75) is 13.2 Å². The Bertz CT molecular complexity index is 1240. The average molecular weight is 542 g/mol. The first-order valence-electron chi connectivity index (χ1n) is 10.2. The highest BCUT2D eigenvalue weighted by molar-refractivity contribution is 9.10. The van der Waals surface area contributed by atoms with Gasteiger partial charge in [0.15, 0.2) is 11.5 Å². The number of hydrogen-bond acceptors (Lipinski definition) is 5. The third-order valence-electron chi connectivity index (χ3n) is 4.90. The van der Waals surface area contributed by atoms with Crippen LogP contribution in [0.3, 0.4) is 0 Å². The van der Waals surface area contributed by atoms with E-state index in [1.807, 2.05) is 36.4 Å². The molecule has 0 radical (unpaired) electrons. The number of ether oxygens (including phenoxy) is 3. The van der Waals surface area contributed by atoms with Crippen LogP contribution in [-0.2, 0) is 17.9 Å². The molecule has 1 amide bonds. The Kier molecular flexibility index (Phi) is 8.97. The van der Waals surface area contributed by atoms with E-state index in [0.717, 1.165) is 16.9 Å². The monoisotopic (exact) mass is 540 g/mol. The molecule has 3 aromatic rings. The second kappa shape index (κ2) is 12.1. The lowest BCUT2D eigenvalue weighted by molar-refractivity contribution is -0.117. The van der Waals surface area contributed by atoms with Gasteiger partial charge >= 0.3 is 0 Å². The van der Waals surface area contributed by atoms with E-state index in [-0.39, 0.29) is 18.7 Å². The summed E-state index contributed by atoms with van der Waals surface area (Å²) < 4.78 is 17.1. The molecule has 34 heavy (non-hydrogen) atoms. The summed E-state index contributed by atoms with van der Waals surface area (Å²) in [7, 11) is 3.11. The molecule has 0 heterocycles. The van der Waals surface area contributed by atoms with Crippen molar-refractivity contribution in [1.29, 1.82) is 5.26 Å². The summed E-state index contributed by atoms with van der Waals surface area (Å²) in [5.74, 6) is 1.19. The Morgan fingerprint density at radius 3 is 2.47 bits per heavy atom. The number of amides is 1. The van der Waals surface area contributed by atoms with E-state index >= 15 is 0 Å². The van der Waals surface area contributed by atoms with Crippen molar-refractivity contribution in [1.82, 2.24) is 5.32 Å². The van der Waals surface area contributed by atoms with Crippen LogP contribution in [0, 0.1) is 11.3 Å². The first-order chi connectivity index (χ1) is 16.4. The molecule has 0 atom stereocenters. The number of hydrogen-bond donors (Lipinski definition) is 1. The molecular formula is C26H22BrClN2O4. The van der Waals surface area contributed by atoms with E-state index in [1.54, 1.807) is 37.4 Å². The van der Waals surface area contributed by atoms with Crippen molar-refractivity contribution in [2.75, 3.05) is 14.2 Å². The van der Waals surface area contributed by atoms with Crippen LogP contribution < -0.4 is 19.5 Å². The SMILES string of the molecule is COc1ccc(CNC(=O)/C(C#N)=C\c2cc(OC)c(OCc3ccccc3Cl)cc2Br)cc1. The minimum Gasteiger partial charge on any atom is -0.497 e. The highest BCUT2D eigenvalue weighted by atomic mass is 79.9. The van der Waals surface area contributed by atoms with Gasteiger partial charge in [0.25, 0.3) is 5.91 Å². The van der Waals surface area contributed by atoms with Crippen LogP contribution >= 0.6 is 27.5 Å². The minimum absolute atomic E-state index is 0.0407. The van der Waals surface area contributed by atoms with Crippen LogP contribution in [0.5, 0.6) is 17.2 Å². The fourth-order valence-electron chi connectivity index (χ4n) is 3.03. The number of methoxy groups -OCH3 is 2. The number of benzene rings is 3. The second-order valence-electron chi connectivity index (χ2n) is 7.11. The van der Waals surface area contributed by atoms with Crippen LogP contribution in [0.4, 0.5) is 0 Å². The molecule has 6 nitrogen and oxygen atoms in total. The lowest BCUT2D eigenvalue weighted by Crippen LogP contribution is -2.23. The third-order valence-corrected chi connectivity index (χ3v) is 5.96. The predicted octanol–water partition coefficient (Wildman–Crippen LogP) is 5.92. The topological polar surface area (TPSA) is 80.6 Å². The van der Waals surface area contributed by atoms with Crippen LogP contribution in [0.15, 0.2) is 70.7 Å². The van der Waals surface area contributed by atoms with Crippen LogP contribution in [0.25, 0.3) is 6.08 Å². The Balaban J connectivity index is 1.74. The van der Waals surface area contributed by atoms with E-state index in [2.05, 4.69) is 21.2 Å². The maximum absolute atomic E-state index is 12.6. The molecule has 0 unspecified atom stereocenters. The van der Waals surface area contributed by atoms with Crippen LogP contribution in [0.1, 0.15) is 16.7 Å². The summed E-state index contributed by atoms with van der Waals surface area (Å²) >= 11 is 9.69. The van der Waals surface area contributed by atoms with Gasteiger partial charge in [0, 0.05) is 21.6 Å². The van der Waals surface area contributed by atoms with Gasteiger partial charge in [-0.25, -0.2) is 0 Å². The van der Waals surface area contributed by atoms with Crippen molar-refractivity contribution < 1.29 is 19.0 Å². The molecule has 0 aromatic heterocycles. The standard InChI is InChI=1S/C26H22BrClN2O4/c1-32-21-9-7-17(8-10-21)15-30-26(31)20(14-29)11-19-12-24(33-2)25(13-22(19)27)34-16-18-5-3-4-6-23(18)28/h3-13H,15-16H2,1-2H3,(H,30,31)/b20-11-.